The zero-order valence-corrected chi connectivity index (χ0v) is 51.7. The molecule has 3 aromatic heterocycles. The number of fused-ring (bicyclic) bond motifs is 7. The minimum absolute atomic E-state index is 0.0191. The third-order valence-corrected chi connectivity index (χ3v) is 22.0. The molecule has 6 aromatic rings. The normalized spacial score (nSPS) is 28.5. The molecule has 3 fully saturated rings. The predicted molar refractivity (Wildman–Crippen MR) is 335 cm³/mol. The summed E-state index contributed by atoms with van der Waals surface area (Å²) < 4.78 is 18.0. The van der Waals surface area contributed by atoms with Gasteiger partial charge in [0.25, 0.3) is 23.8 Å². The average molecular weight is 1240 g/mol. The lowest BCUT2D eigenvalue weighted by Crippen LogP contribution is -2.82. The molecule has 1 aliphatic carbocycles. The molecule has 0 radical (unpaired) electrons. The number of H-pyrrole nitrogens is 2. The van der Waals surface area contributed by atoms with Gasteiger partial charge in [-0.05, 0) is 105 Å². The molecule has 1 saturated carbocycles. The van der Waals surface area contributed by atoms with E-state index in [2.05, 4.69) is 74.4 Å². The number of aromatic nitrogens is 5. The number of likely N-dealkylation sites (N-methyl/N-ethyl adjacent to an activating group) is 1. The molecule has 1 spiro atoms. The number of rotatable bonds is 19. The van der Waals surface area contributed by atoms with Gasteiger partial charge in [-0.1, -0.05) is 65.8 Å². The van der Waals surface area contributed by atoms with Crippen molar-refractivity contribution in [3.8, 4) is 5.75 Å². The molecule has 1 unspecified atom stereocenters. The number of aliphatic hydroxyl groups is 3. The number of carbonyl (C=O) groups excluding carboxylic acids is 4. The molecule has 3 aromatic carbocycles. The number of nitrogens with zero attached hydrogens (tertiary/aromatic N) is 6. The van der Waals surface area contributed by atoms with Crippen molar-refractivity contribution < 1.29 is 48.7 Å². The van der Waals surface area contributed by atoms with Gasteiger partial charge >= 0.3 is 6.09 Å². The van der Waals surface area contributed by atoms with E-state index in [1.54, 1.807) is 44.5 Å². The molecule has 466 valence electrons. The number of hydrogen-bond donors (Lipinski definition) is 9. The number of piperidine rings is 1. The summed E-state index contributed by atoms with van der Waals surface area (Å²) in [4.78, 5) is 92.2. The van der Waals surface area contributed by atoms with E-state index in [1.807, 2.05) is 56.1 Å². The van der Waals surface area contributed by atoms with Crippen molar-refractivity contribution >= 4 is 79.4 Å². The lowest BCUT2D eigenvalue weighted by Gasteiger charge is -2.63. The highest BCUT2D eigenvalue weighted by molar-refractivity contribution is 8.76. The first-order chi connectivity index (χ1) is 42.4. The van der Waals surface area contributed by atoms with Gasteiger partial charge in [0.2, 0.25) is 0 Å². The van der Waals surface area contributed by atoms with Crippen LogP contribution in [0.4, 0.5) is 16.2 Å². The molecule has 23 nitrogen and oxygen atoms in total. The number of methoxy groups -OCH3 is 1. The van der Waals surface area contributed by atoms with E-state index in [0.717, 1.165) is 45.5 Å². The zero-order valence-electron chi connectivity index (χ0n) is 50.0. The zero-order chi connectivity index (χ0) is 61.8. The van der Waals surface area contributed by atoms with Crippen LogP contribution >= 0.6 is 21.6 Å². The van der Waals surface area contributed by atoms with Gasteiger partial charge in [-0.2, -0.15) is 0 Å². The molecule has 2 bridgehead atoms. The molecule has 3 amide bonds. The van der Waals surface area contributed by atoms with Gasteiger partial charge in [-0.3, -0.25) is 34.4 Å². The summed E-state index contributed by atoms with van der Waals surface area (Å²) in [6.07, 6.45) is 6.08. The number of carbonyl (C=O) groups is 4. The smallest absolute Gasteiger partial charge is 0.426 e. The molecular formula is C63H76N12O11S2. The second kappa shape index (κ2) is 24.3. The Balaban J connectivity index is 0.730. The number of amides is 3. The number of hydrogen-bond acceptors (Lipinski definition) is 20. The van der Waals surface area contributed by atoms with Gasteiger partial charge in [0.1, 0.15) is 30.9 Å². The first-order valence-electron chi connectivity index (χ1n) is 30.2. The van der Waals surface area contributed by atoms with Crippen molar-refractivity contribution in [1.29, 1.82) is 0 Å². The summed E-state index contributed by atoms with van der Waals surface area (Å²) in [6.45, 7) is 9.98. The van der Waals surface area contributed by atoms with Crippen molar-refractivity contribution in [2.75, 3.05) is 88.4 Å². The quantitative estimate of drug-likeness (QED) is 0.0174. The number of hydrazine groups is 1. The molecule has 8 heterocycles. The van der Waals surface area contributed by atoms with E-state index in [1.165, 1.54) is 21.6 Å². The minimum Gasteiger partial charge on any atom is -0.496 e. The number of nitrogens with one attached hydrogen (secondary N) is 6. The van der Waals surface area contributed by atoms with Crippen LogP contribution in [0.3, 0.4) is 0 Å². The molecule has 6 aliphatic rings. The number of para-hydroxylation sites is 1. The Hall–Kier alpha value is -7.26. The molecular weight excluding hydrogens is 1160 g/mol. The number of benzene rings is 3. The topological polar surface area (TPSA) is 302 Å². The van der Waals surface area contributed by atoms with Crippen LogP contribution in [0.2, 0.25) is 0 Å². The van der Waals surface area contributed by atoms with Gasteiger partial charge in [-0.25, -0.2) is 25.2 Å². The summed E-state index contributed by atoms with van der Waals surface area (Å²) in [5.74, 6) is 0.642. The second-order valence-corrected chi connectivity index (χ2v) is 27.2. The lowest BCUT2D eigenvalue weighted by atomic mass is 9.47. The van der Waals surface area contributed by atoms with E-state index in [0.29, 0.717) is 124 Å². The number of aliphatic hydroxyl groups excluding tert-OH is 1. The van der Waals surface area contributed by atoms with Gasteiger partial charge in [0.15, 0.2) is 16.8 Å². The molecule has 9 N–H and O–H groups in total. The van der Waals surface area contributed by atoms with E-state index in [-0.39, 0.29) is 47.8 Å². The molecule has 12 rings (SSSR count). The van der Waals surface area contributed by atoms with Crippen molar-refractivity contribution in [2.24, 2.45) is 11.3 Å². The summed E-state index contributed by atoms with van der Waals surface area (Å²) in [5, 5.41) is 45.9. The Labute approximate surface area is 516 Å². The Morgan fingerprint density at radius 2 is 1.76 bits per heavy atom. The van der Waals surface area contributed by atoms with Crippen LogP contribution in [-0.4, -0.2) is 182 Å². The van der Waals surface area contributed by atoms with E-state index < -0.39 is 51.6 Å². The maximum absolute atomic E-state index is 15.1. The summed E-state index contributed by atoms with van der Waals surface area (Å²) in [6, 6.07) is 17.8. The van der Waals surface area contributed by atoms with Crippen LogP contribution in [0.25, 0.3) is 22.1 Å². The van der Waals surface area contributed by atoms with Gasteiger partial charge in [0, 0.05) is 113 Å². The van der Waals surface area contributed by atoms with E-state index in [4.69, 9.17) is 14.2 Å². The Morgan fingerprint density at radius 3 is 2.55 bits per heavy atom. The fraction of sp³-hybridized carbons (Fsp3) is 0.492. The molecule has 88 heavy (non-hydrogen) atoms. The standard InChI is InChI=1S/C63H76N12O11S2/c1-6-59(82)29-38-30-61(35-85-36-76,50-43(17-22-74(33-38)34-59)42-11-8-9-12-46(42)70-50)45-27-44-47(28-48(45)84-5)73(4)55-62(44)19-23-75-21-10-18-60(7-2,54(62)75)56(79)63(55,83)57(80)71-72-58(81)86-24-26-88-87-25-20-64-52(77)39-13-15-40(16-14-39)65-31-41-32-66-51-49(69-41)53(78)68-37(3)67-51/h8-16,18,27-28,32,36,38,54-56,65,70,79,82-83H,6-7,17,19-26,29-31,33-35H2,1-5H3,(H,64,77)(H,71,80)(H,72,81)(H,66,67,68,78)/t38-,54+,55-,56-,59+,60-,61+,62-,63-/m1/s1. The van der Waals surface area contributed by atoms with E-state index >= 15 is 4.79 Å². The maximum Gasteiger partial charge on any atom is 0.426 e. The first-order valence-corrected chi connectivity index (χ1v) is 32.6. The van der Waals surface area contributed by atoms with E-state index in [9.17, 15) is 34.5 Å². The molecule has 25 heteroatoms. The fourth-order valence-electron chi connectivity index (χ4n) is 16.0. The fourth-order valence-corrected chi connectivity index (χ4v) is 17.7. The minimum atomic E-state index is -2.53. The maximum atomic E-state index is 15.1. The molecule has 10 atom stereocenters. The molecule has 2 saturated heterocycles. The Morgan fingerprint density at radius 1 is 0.955 bits per heavy atom. The monoisotopic (exact) mass is 1240 g/mol. The van der Waals surface area contributed by atoms with Crippen LogP contribution in [0.5, 0.6) is 5.75 Å². The predicted octanol–water partition coefficient (Wildman–Crippen LogP) is 4.76. The second-order valence-electron chi connectivity index (χ2n) is 24.4. The van der Waals surface area contributed by atoms with Crippen LogP contribution in [0.15, 0.2) is 83.8 Å². The van der Waals surface area contributed by atoms with Gasteiger partial charge in [0.05, 0.1) is 42.6 Å². The summed E-state index contributed by atoms with van der Waals surface area (Å²) in [5.41, 5.74) is 5.29. The number of ether oxygens (including phenoxy) is 3. The lowest BCUT2D eigenvalue weighted by molar-refractivity contribution is -0.204. The summed E-state index contributed by atoms with van der Waals surface area (Å²) >= 11 is 0. The van der Waals surface area contributed by atoms with Crippen LogP contribution in [-0.2, 0) is 42.9 Å². The van der Waals surface area contributed by atoms with Crippen molar-refractivity contribution in [3.05, 3.63) is 129 Å². The number of aromatic amines is 2. The van der Waals surface area contributed by atoms with Crippen LogP contribution < -0.4 is 36.7 Å². The average Bonchev–Trinajstić information content (AvgIpc) is 1.45. The SMILES string of the molecule is CC[C@]1(O)C[C@H]2CN(CCc3c([nH]c4ccccc34)[C@@](COC=O)(c3cc4c(cc3OC)N(C)[C@H]3[C@](O)(C(=O)NNC(=O)OCCSSCCNC(=O)c5ccc(NCc6cnc7nc(C)[nH]c(=O)c7n6)cc5)[C@H](O)[C@]5(CC)C=CCN6CC[C@]43[C@@H]65)C2)C1. The largest absolute Gasteiger partial charge is 0.496 e. The van der Waals surface area contributed by atoms with Crippen molar-refractivity contribution in [2.45, 2.75) is 106 Å². The molecule has 5 aliphatic heterocycles. The highest BCUT2D eigenvalue weighted by Gasteiger charge is 2.79. The van der Waals surface area contributed by atoms with Gasteiger partial charge < -0.3 is 55.0 Å². The first kappa shape index (κ1) is 61.0. The highest BCUT2D eigenvalue weighted by atomic mass is 33.1. The highest BCUT2D eigenvalue weighted by Crippen LogP contribution is 2.67. The van der Waals surface area contributed by atoms with Crippen LogP contribution in [0, 0.1) is 18.3 Å². The van der Waals surface area contributed by atoms with Crippen molar-refractivity contribution in [1.82, 2.24) is 50.9 Å². The Bertz CT molecular complexity index is 3760. The third kappa shape index (κ3) is 10.4. The third-order valence-electron chi connectivity index (χ3n) is 19.7. The van der Waals surface area contributed by atoms with Crippen LogP contribution in [0.1, 0.15) is 90.2 Å². The number of anilines is 2. The summed E-state index contributed by atoms with van der Waals surface area (Å²) in [7, 11) is 6.36. The Kier molecular flexibility index (Phi) is 16.8. The van der Waals surface area contributed by atoms with Gasteiger partial charge in [-0.15, -0.1) is 0 Å². The number of aryl methyl sites for hydroxylation is 1. The van der Waals surface area contributed by atoms with Crippen molar-refractivity contribution in [3.63, 3.8) is 0 Å².